The van der Waals surface area contributed by atoms with Gasteiger partial charge in [0.15, 0.2) is 0 Å². The lowest BCUT2D eigenvalue weighted by Crippen LogP contribution is -2.11. The largest absolute Gasteiger partial charge is 0.366 e. The number of primary amides is 1. The smallest absolute Gasteiger partial charge is 0.250 e. The van der Waals surface area contributed by atoms with Crippen molar-refractivity contribution in [2.75, 3.05) is 0 Å². The molecule has 1 aromatic carbocycles. The van der Waals surface area contributed by atoms with Gasteiger partial charge in [0.2, 0.25) is 0 Å². The van der Waals surface area contributed by atoms with E-state index in [0.29, 0.717) is 11.1 Å². The zero-order valence-corrected chi connectivity index (χ0v) is 8.58. The molecule has 78 valence electrons. The number of aromatic amines is 1. The molecule has 0 bridgehead atoms. The summed E-state index contributed by atoms with van der Waals surface area (Å²) in [6.45, 7) is 2.09. The molecular formula is C11H13N3O. The summed E-state index contributed by atoms with van der Waals surface area (Å²) in [6, 6.07) is 5.39. The second-order valence-corrected chi connectivity index (χ2v) is 3.50. The Morgan fingerprint density at radius 2 is 2.33 bits per heavy atom. The minimum atomic E-state index is -0.435. The molecule has 0 fully saturated rings. The lowest BCUT2D eigenvalue weighted by Gasteiger charge is -1.94. The molecule has 0 saturated heterocycles. The number of nitrogens with one attached hydrogen (secondary N) is 1. The van der Waals surface area contributed by atoms with Crippen LogP contribution in [0.5, 0.6) is 0 Å². The molecule has 0 aliphatic carbocycles. The number of H-pyrrole nitrogens is 1. The number of amides is 1. The number of aryl methyl sites for hydroxylation is 1. The first-order chi connectivity index (χ1) is 7.22. The highest BCUT2D eigenvalue weighted by atomic mass is 16.1. The first-order valence-corrected chi connectivity index (χ1v) is 4.99. The zero-order valence-electron chi connectivity index (χ0n) is 8.58. The van der Waals surface area contributed by atoms with Gasteiger partial charge in [0, 0.05) is 6.42 Å². The zero-order chi connectivity index (χ0) is 10.8. The fourth-order valence-corrected chi connectivity index (χ4v) is 1.64. The summed E-state index contributed by atoms with van der Waals surface area (Å²) >= 11 is 0. The van der Waals surface area contributed by atoms with Gasteiger partial charge >= 0.3 is 0 Å². The maximum absolute atomic E-state index is 11.2. The van der Waals surface area contributed by atoms with Gasteiger partial charge in [-0.2, -0.15) is 0 Å². The van der Waals surface area contributed by atoms with E-state index in [9.17, 15) is 4.79 Å². The minimum Gasteiger partial charge on any atom is -0.366 e. The van der Waals surface area contributed by atoms with E-state index in [1.54, 1.807) is 12.1 Å². The number of rotatable bonds is 3. The molecular weight excluding hydrogens is 190 g/mol. The highest BCUT2D eigenvalue weighted by Crippen LogP contribution is 2.16. The molecule has 0 radical (unpaired) electrons. The first-order valence-electron chi connectivity index (χ1n) is 4.99. The Morgan fingerprint density at radius 3 is 3.00 bits per heavy atom. The Labute approximate surface area is 87.5 Å². The lowest BCUT2D eigenvalue weighted by atomic mass is 10.2. The summed E-state index contributed by atoms with van der Waals surface area (Å²) in [5, 5.41) is 0. The van der Waals surface area contributed by atoms with Crippen LogP contribution in [0.3, 0.4) is 0 Å². The van der Waals surface area contributed by atoms with Crippen LogP contribution in [0.1, 0.15) is 29.5 Å². The molecule has 1 aromatic heterocycles. The Kier molecular flexibility index (Phi) is 2.41. The van der Waals surface area contributed by atoms with Gasteiger partial charge in [-0.05, 0) is 18.6 Å². The van der Waals surface area contributed by atoms with Gasteiger partial charge in [-0.15, -0.1) is 0 Å². The van der Waals surface area contributed by atoms with Crippen molar-refractivity contribution >= 4 is 16.9 Å². The van der Waals surface area contributed by atoms with E-state index in [0.717, 1.165) is 24.2 Å². The number of carbonyl (C=O) groups is 1. The molecule has 4 nitrogen and oxygen atoms in total. The van der Waals surface area contributed by atoms with Gasteiger partial charge in [-0.25, -0.2) is 4.98 Å². The fourth-order valence-electron chi connectivity index (χ4n) is 1.64. The predicted octanol–water partition coefficient (Wildman–Crippen LogP) is 1.61. The third kappa shape index (κ3) is 1.70. The summed E-state index contributed by atoms with van der Waals surface area (Å²) in [5.74, 6) is 0.469. The Morgan fingerprint density at radius 1 is 1.53 bits per heavy atom. The monoisotopic (exact) mass is 203 g/mol. The Balaban J connectivity index is 2.59. The average molecular weight is 203 g/mol. The molecule has 0 saturated carbocycles. The van der Waals surface area contributed by atoms with Crippen molar-refractivity contribution in [3.63, 3.8) is 0 Å². The molecule has 2 rings (SSSR count). The number of nitrogens with two attached hydrogens (primary N) is 1. The molecule has 0 aliphatic rings. The summed E-state index contributed by atoms with van der Waals surface area (Å²) < 4.78 is 0. The van der Waals surface area contributed by atoms with Crippen LogP contribution in [-0.4, -0.2) is 15.9 Å². The van der Waals surface area contributed by atoms with Crippen LogP contribution in [0, 0.1) is 0 Å². The van der Waals surface area contributed by atoms with Gasteiger partial charge in [0.1, 0.15) is 11.3 Å². The lowest BCUT2D eigenvalue weighted by molar-refractivity contribution is 0.100. The first kappa shape index (κ1) is 9.71. The van der Waals surface area contributed by atoms with Crippen molar-refractivity contribution in [2.45, 2.75) is 19.8 Å². The number of hydrogen-bond donors (Lipinski definition) is 2. The van der Waals surface area contributed by atoms with Crippen LogP contribution in [-0.2, 0) is 6.42 Å². The minimum absolute atomic E-state index is 0.435. The van der Waals surface area contributed by atoms with Gasteiger partial charge in [-0.3, -0.25) is 4.79 Å². The van der Waals surface area contributed by atoms with Crippen molar-refractivity contribution in [3.05, 3.63) is 29.6 Å². The van der Waals surface area contributed by atoms with Crippen LogP contribution < -0.4 is 5.73 Å². The van der Waals surface area contributed by atoms with E-state index in [1.807, 2.05) is 6.07 Å². The molecule has 0 unspecified atom stereocenters. The van der Waals surface area contributed by atoms with Crippen molar-refractivity contribution in [1.29, 1.82) is 0 Å². The number of aromatic nitrogens is 2. The van der Waals surface area contributed by atoms with E-state index in [-0.39, 0.29) is 0 Å². The van der Waals surface area contributed by atoms with Crippen LogP contribution in [0.25, 0.3) is 11.0 Å². The Hall–Kier alpha value is -1.84. The van der Waals surface area contributed by atoms with E-state index in [2.05, 4.69) is 16.9 Å². The molecule has 15 heavy (non-hydrogen) atoms. The number of carbonyl (C=O) groups excluding carboxylic acids is 1. The topological polar surface area (TPSA) is 71.8 Å². The number of nitrogens with zero attached hydrogens (tertiary/aromatic N) is 1. The van der Waals surface area contributed by atoms with Gasteiger partial charge in [0.25, 0.3) is 5.91 Å². The second kappa shape index (κ2) is 3.73. The summed E-state index contributed by atoms with van der Waals surface area (Å²) in [4.78, 5) is 18.7. The predicted molar refractivity (Wildman–Crippen MR) is 58.6 cm³/mol. The third-order valence-electron chi connectivity index (χ3n) is 2.31. The molecule has 1 heterocycles. The summed E-state index contributed by atoms with van der Waals surface area (Å²) in [7, 11) is 0. The highest BCUT2D eigenvalue weighted by molar-refractivity contribution is 6.03. The van der Waals surface area contributed by atoms with Gasteiger partial charge in [0.05, 0.1) is 11.1 Å². The van der Waals surface area contributed by atoms with E-state index in [4.69, 9.17) is 5.73 Å². The van der Waals surface area contributed by atoms with Crippen LogP contribution in [0.15, 0.2) is 18.2 Å². The van der Waals surface area contributed by atoms with Crippen molar-refractivity contribution in [1.82, 2.24) is 9.97 Å². The SMILES string of the molecule is CCCc1nc2c(C(N)=O)cccc2[nH]1. The maximum atomic E-state index is 11.2. The number of imidazole rings is 1. The van der Waals surface area contributed by atoms with Gasteiger partial charge < -0.3 is 10.7 Å². The number of para-hydroxylation sites is 1. The van der Waals surface area contributed by atoms with E-state index < -0.39 is 5.91 Å². The normalized spacial score (nSPS) is 10.7. The molecule has 4 heteroatoms. The number of benzene rings is 1. The van der Waals surface area contributed by atoms with Crippen molar-refractivity contribution in [3.8, 4) is 0 Å². The number of hydrogen-bond acceptors (Lipinski definition) is 2. The molecule has 0 aliphatic heterocycles. The summed E-state index contributed by atoms with van der Waals surface area (Å²) in [5.41, 5.74) is 7.29. The van der Waals surface area contributed by atoms with Crippen LogP contribution in [0.4, 0.5) is 0 Å². The highest BCUT2D eigenvalue weighted by Gasteiger charge is 2.10. The van der Waals surface area contributed by atoms with Crippen molar-refractivity contribution < 1.29 is 4.79 Å². The van der Waals surface area contributed by atoms with E-state index in [1.165, 1.54) is 0 Å². The number of fused-ring (bicyclic) bond motifs is 1. The summed E-state index contributed by atoms with van der Waals surface area (Å²) in [6.07, 6.45) is 1.90. The maximum Gasteiger partial charge on any atom is 0.250 e. The quantitative estimate of drug-likeness (QED) is 0.795. The Bertz CT molecular complexity index is 502. The second-order valence-electron chi connectivity index (χ2n) is 3.50. The van der Waals surface area contributed by atoms with Gasteiger partial charge in [-0.1, -0.05) is 13.0 Å². The van der Waals surface area contributed by atoms with Crippen LogP contribution >= 0.6 is 0 Å². The molecule has 2 aromatic rings. The van der Waals surface area contributed by atoms with Crippen LogP contribution in [0.2, 0.25) is 0 Å². The third-order valence-corrected chi connectivity index (χ3v) is 2.31. The molecule has 0 atom stereocenters. The molecule has 1 amide bonds. The molecule has 3 N–H and O–H groups in total. The standard InChI is InChI=1S/C11H13N3O/c1-2-4-9-13-8-6-3-5-7(11(12)15)10(8)14-9/h3,5-6H,2,4H2,1H3,(H2,12,15)(H,13,14). The average Bonchev–Trinajstić information content (AvgIpc) is 2.59. The fraction of sp³-hybridized carbons (Fsp3) is 0.273. The van der Waals surface area contributed by atoms with E-state index >= 15 is 0 Å². The molecule has 0 spiro atoms. The van der Waals surface area contributed by atoms with Crippen molar-refractivity contribution in [2.24, 2.45) is 5.73 Å².